The number of nitrogens with one attached hydrogen (secondary N) is 2. The second-order valence-corrected chi connectivity index (χ2v) is 7.62. The summed E-state index contributed by atoms with van der Waals surface area (Å²) in [5.41, 5.74) is 2.88. The first-order valence-electron chi connectivity index (χ1n) is 9.93. The van der Waals surface area contributed by atoms with E-state index in [1.807, 2.05) is 24.3 Å². The van der Waals surface area contributed by atoms with Crippen molar-refractivity contribution in [3.05, 3.63) is 71.1 Å². The second kappa shape index (κ2) is 9.76. The highest BCUT2D eigenvalue weighted by molar-refractivity contribution is 6.31. The van der Waals surface area contributed by atoms with Gasteiger partial charge in [-0.2, -0.15) is 4.98 Å². The van der Waals surface area contributed by atoms with Gasteiger partial charge in [0.25, 0.3) is 0 Å². The lowest BCUT2D eigenvalue weighted by atomic mass is 10.0. The lowest BCUT2D eigenvalue weighted by Crippen LogP contribution is -2.20. The first-order valence-corrected chi connectivity index (χ1v) is 10.3. The normalized spacial score (nSPS) is 15.8. The molecule has 7 nitrogen and oxygen atoms in total. The quantitative estimate of drug-likeness (QED) is 0.433. The van der Waals surface area contributed by atoms with E-state index in [4.69, 9.17) is 21.4 Å². The Balaban J connectivity index is 1.67. The van der Waals surface area contributed by atoms with Crippen molar-refractivity contribution in [3.63, 3.8) is 0 Å². The maximum Gasteiger partial charge on any atom is 0.328 e. The number of anilines is 3. The summed E-state index contributed by atoms with van der Waals surface area (Å²) < 4.78 is 18.9. The SMILES string of the molecule is O=C(O)C=Cc1cccc(-c2cnc(Nc3ccc(F)c(Cl)c3)nc2N[C@H]2CCOC2)c1. The van der Waals surface area contributed by atoms with Gasteiger partial charge in [0.15, 0.2) is 0 Å². The lowest BCUT2D eigenvalue weighted by molar-refractivity contribution is -0.131. The van der Waals surface area contributed by atoms with Gasteiger partial charge >= 0.3 is 5.97 Å². The number of benzene rings is 2. The molecule has 1 aliphatic rings. The Bertz CT molecular complexity index is 1170. The molecule has 2 aromatic carbocycles. The van der Waals surface area contributed by atoms with Crippen LogP contribution in [0.1, 0.15) is 12.0 Å². The number of carbonyl (C=O) groups is 1. The molecular weight excluding hydrogens is 435 g/mol. The predicted octanol–water partition coefficient (Wildman–Crippen LogP) is 4.98. The molecule has 3 N–H and O–H groups in total. The average Bonchev–Trinajstić information content (AvgIpc) is 3.28. The van der Waals surface area contributed by atoms with Crippen molar-refractivity contribution in [1.82, 2.24) is 9.97 Å². The molecule has 1 atom stereocenters. The van der Waals surface area contributed by atoms with E-state index in [9.17, 15) is 9.18 Å². The third kappa shape index (κ3) is 5.40. The lowest BCUT2D eigenvalue weighted by Gasteiger charge is -2.17. The van der Waals surface area contributed by atoms with E-state index in [2.05, 4.69) is 20.6 Å². The highest BCUT2D eigenvalue weighted by atomic mass is 35.5. The molecule has 164 valence electrons. The fourth-order valence-electron chi connectivity index (χ4n) is 3.29. The van der Waals surface area contributed by atoms with Crippen LogP contribution in [0, 0.1) is 5.82 Å². The van der Waals surface area contributed by atoms with Gasteiger partial charge in [-0.3, -0.25) is 0 Å². The minimum absolute atomic E-state index is 0.000645. The maximum atomic E-state index is 13.5. The van der Waals surface area contributed by atoms with Crippen LogP contribution in [0.3, 0.4) is 0 Å². The van der Waals surface area contributed by atoms with Crippen LogP contribution in [0.5, 0.6) is 0 Å². The Morgan fingerprint density at radius 1 is 1.28 bits per heavy atom. The van der Waals surface area contributed by atoms with Crippen molar-refractivity contribution in [2.45, 2.75) is 12.5 Å². The van der Waals surface area contributed by atoms with E-state index in [0.717, 1.165) is 29.2 Å². The molecule has 4 rings (SSSR count). The molecule has 1 saturated heterocycles. The van der Waals surface area contributed by atoms with Crippen LogP contribution in [0.4, 0.5) is 21.8 Å². The molecule has 0 aliphatic carbocycles. The highest BCUT2D eigenvalue weighted by Crippen LogP contribution is 2.30. The van der Waals surface area contributed by atoms with Gasteiger partial charge in [0.05, 0.1) is 17.7 Å². The van der Waals surface area contributed by atoms with Crippen LogP contribution in [-0.2, 0) is 9.53 Å². The van der Waals surface area contributed by atoms with Crippen molar-refractivity contribution in [3.8, 4) is 11.1 Å². The first-order chi connectivity index (χ1) is 15.5. The Morgan fingerprint density at radius 3 is 2.91 bits per heavy atom. The number of carboxylic acids is 1. The summed E-state index contributed by atoms with van der Waals surface area (Å²) in [5, 5.41) is 15.3. The number of carboxylic acid groups (broad SMARTS) is 1. The van der Waals surface area contributed by atoms with Gasteiger partial charge < -0.3 is 20.5 Å². The molecule has 1 aliphatic heterocycles. The minimum Gasteiger partial charge on any atom is -0.478 e. The van der Waals surface area contributed by atoms with Crippen LogP contribution in [0.15, 0.2) is 54.7 Å². The smallest absolute Gasteiger partial charge is 0.328 e. The molecule has 0 saturated carbocycles. The molecule has 0 spiro atoms. The summed E-state index contributed by atoms with van der Waals surface area (Å²) in [6, 6.07) is 11.8. The summed E-state index contributed by atoms with van der Waals surface area (Å²) in [6.07, 6.45) is 5.14. The number of nitrogens with zero attached hydrogens (tertiary/aromatic N) is 2. The van der Waals surface area contributed by atoms with Gasteiger partial charge in [0.1, 0.15) is 11.6 Å². The van der Waals surface area contributed by atoms with Gasteiger partial charge in [0, 0.05) is 30.1 Å². The van der Waals surface area contributed by atoms with Crippen LogP contribution in [0.2, 0.25) is 5.02 Å². The molecule has 0 amide bonds. The largest absolute Gasteiger partial charge is 0.478 e. The summed E-state index contributed by atoms with van der Waals surface area (Å²) in [5.74, 6) is -0.599. The molecular formula is C23H20ClFN4O3. The van der Waals surface area contributed by atoms with Crippen molar-refractivity contribution in [2.24, 2.45) is 0 Å². The maximum absolute atomic E-state index is 13.5. The Morgan fingerprint density at radius 2 is 2.16 bits per heavy atom. The molecule has 2 heterocycles. The third-order valence-electron chi connectivity index (χ3n) is 4.85. The van der Waals surface area contributed by atoms with E-state index < -0.39 is 11.8 Å². The molecule has 3 aromatic rings. The number of aromatic nitrogens is 2. The van der Waals surface area contributed by atoms with Crippen molar-refractivity contribution >= 4 is 41.1 Å². The zero-order valence-electron chi connectivity index (χ0n) is 16.9. The Hall–Kier alpha value is -3.49. The Kier molecular flexibility index (Phi) is 6.63. The average molecular weight is 455 g/mol. The molecule has 1 fully saturated rings. The van der Waals surface area contributed by atoms with Crippen LogP contribution in [0.25, 0.3) is 17.2 Å². The van der Waals surface area contributed by atoms with Gasteiger partial charge in [-0.1, -0.05) is 29.8 Å². The monoisotopic (exact) mass is 454 g/mol. The second-order valence-electron chi connectivity index (χ2n) is 7.21. The predicted molar refractivity (Wildman–Crippen MR) is 122 cm³/mol. The molecule has 9 heteroatoms. The van der Waals surface area contributed by atoms with Crippen LogP contribution >= 0.6 is 11.6 Å². The van der Waals surface area contributed by atoms with E-state index in [1.165, 1.54) is 18.2 Å². The molecule has 0 radical (unpaired) electrons. The Labute approximate surface area is 188 Å². The fraction of sp³-hybridized carbons (Fsp3) is 0.174. The summed E-state index contributed by atoms with van der Waals surface area (Å²) in [4.78, 5) is 19.9. The number of hydrogen-bond donors (Lipinski definition) is 3. The molecule has 0 unspecified atom stereocenters. The zero-order chi connectivity index (χ0) is 22.5. The number of ether oxygens (including phenoxy) is 1. The van der Waals surface area contributed by atoms with Gasteiger partial charge in [-0.25, -0.2) is 14.2 Å². The summed E-state index contributed by atoms with van der Waals surface area (Å²) in [6.45, 7) is 1.24. The van der Waals surface area contributed by atoms with Crippen molar-refractivity contribution in [2.75, 3.05) is 23.8 Å². The molecule has 32 heavy (non-hydrogen) atoms. The summed E-state index contributed by atoms with van der Waals surface area (Å²) in [7, 11) is 0. The van der Waals surface area contributed by atoms with Gasteiger partial charge in [-0.15, -0.1) is 0 Å². The number of aliphatic carboxylic acids is 1. The number of halogens is 2. The minimum atomic E-state index is -1.02. The van der Waals surface area contributed by atoms with Crippen molar-refractivity contribution in [1.29, 1.82) is 0 Å². The van der Waals surface area contributed by atoms with Crippen molar-refractivity contribution < 1.29 is 19.0 Å². The first kappa shape index (κ1) is 21.7. The standard InChI is InChI=1S/C23H20ClFN4O3/c24-19-11-16(5-6-20(19)25)28-23-26-12-18(22(29-23)27-17-8-9-32-13-17)15-3-1-2-14(10-15)4-7-21(30)31/h1-7,10-12,17H,8-9,13H2,(H,30,31)(H2,26,27,28,29)/t17-/m0/s1. The highest BCUT2D eigenvalue weighted by Gasteiger charge is 2.19. The number of rotatable bonds is 7. The van der Waals surface area contributed by atoms with Crippen LogP contribution in [-0.4, -0.2) is 40.3 Å². The third-order valence-corrected chi connectivity index (χ3v) is 5.14. The van der Waals surface area contributed by atoms with Crippen LogP contribution < -0.4 is 10.6 Å². The van der Waals surface area contributed by atoms with Gasteiger partial charge in [0.2, 0.25) is 5.95 Å². The summed E-state index contributed by atoms with van der Waals surface area (Å²) >= 11 is 5.87. The van der Waals surface area contributed by atoms with E-state index >= 15 is 0 Å². The van der Waals surface area contributed by atoms with E-state index in [1.54, 1.807) is 12.3 Å². The molecule has 0 bridgehead atoms. The van der Waals surface area contributed by atoms with E-state index in [0.29, 0.717) is 30.7 Å². The zero-order valence-corrected chi connectivity index (χ0v) is 17.6. The van der Waals surface area contributed by atoms with E-state index in [-0.39, 0.29) is 11.1 Å². The number of hydrogen-bond acceptors (Lipinski definition) is 6. The fourth-order valence-corrected chi connectivity index (χ4v) is 3.47. The topological polar surface area (TPSA) is 96.4 Å². The van der Waals surface area contributed by atoms with Gasteiger partial charge in [-0.05, 0) is 47.9 Å². The molecule has 1 aromatic heterocycles.